The highest BCUT2D eigenvalue weighted by Crippen LogP contribution is 2.13. The molecule has 0 atom stereocenters. The highest BCUT2D eigenvalue weighted by molar-refractivity contribution is 5.88. The molecule has 0 aliphatic heterocycles. The molecule has 1 aromatic carbocycles. The van der Waals surface area contributed by atoms with Gasteiger partial charge in [-0.15, -0.1) is 0 Å². The Bertz CT molecular complexity index is 497. The fraction of sp³-hybridized carbons (Fsp3) is 0.0833. The van der Waals surface area contributed by atoms with Gasteiger partial charge in [0.2, 0.25) is 0 Å². The molecule has 2 N–H and O–H groups in total. The monoisotopic (exact) mass is 229 g/mol. The van der Waals surface area contributed by atoms with Crippen molar-refractivity contribution in [2.24, 2.45) is 5.73 Å². The summed E-state index contributed by atoms with van der Waals surface area (Å²) < 4.78 is 5.13. The Kier molecular flexibility index (Phi) is 3.42. The van der Waals surface area contributed by atoms with Gasteiger partial charge in [0, 0.05) is 12.7 Å². The van der Waals surface area contributed by atoms with Crippen molar-refractivity contribution in [3.05, 3.63) is 54.1 Å². The summed E-state index contributed by atoms with van der Waals surface area (Å²) in [6, 6.07) is 8.50. The van der Waals surface area contributed by atoms with E-state index in [1.165, 1.54) is 18.6 Å². The minimum atomic E-state index is -0.507. The Balaban J connectivity index is 2.08. The molecular weight excluding hydrogens is 218 g/mol. The molecule has 0 radical (unpaired) electrons. The van der Waals surface area contributed by atoms with E-state index in [-0.39, 0.29) is 5.69 Å². The molecule has 0 saturated heterocycles. The van der Waals surface area contributed by atoms with E-state index in [9.17, 15) is 4.79 Å². The lowest BCUT2D eigenvalue weighted by molar-refractivity contribution is 0.0728. The fourth-order valence-corrected chi connectivity index (χ4v) is 1.26. The van der Waals surface area contributed by atoms with Crippen molar-refractivity contribution >= 4 is 5.97 Å². The standard InChI is InChI=1S/C12H11N3O2/c13-7-9-1-3-10(4-2-9)17-12(16)11-5-6-14-8-15-11/h1-6,8H,7,13H2. The third kappa shape index (κ3) is 2.85. The number of hydrogen-bond donors (Lipinski definition) is 1. The summed E-state index contributed by atoms with van der Waals surface area (Å²) in [7, 11) is 0. The van der Waals surface area contributed by atoms with Crippen LogP contribution in [-0.2, 0) is 6.54 Å². The molecule has 0 bridgehead atoms. The van der Waals surface area contributed by atoms with Crippen molar-refractivity contribution in [1.82, 2.24) is 9.97 Å². The van der Waals surface area contributed by atoms with Crippen molar-refractivity contribution in [2.75, 3.05) is 0 Å². The molecule has 1 aromatic heterocycles. The number of carbonyl (C=O) groups is 1. The zero-order valence-corrected chi connectivity index (χ0v) is 9.04. The minimum Gasteiger partial charge on any atom is -0.422 e. The molecule has 0 fully saturated rings. The quantitative estimate of drug-likeness (QED) is 0.631. The van der Waals surface area contributed by atoms with Crippen LogP contribution in [0.1, 0.15) is 16.1 Å². The number of nitrogens with two attached hydrogens (primary N) is 1. The zero-order chi connectivity index (χ0) is 12.1. The van der Waals surface area contributed by atoms with Crippen LogP contribution in [0.3, 0.4) is 0 Å². The molecule has 0 unspecified atom stereocenters. The van der Waals surface area contributed by atoms with E-state index in [2.05, 4.69) is 9.97 Å². The first-order valence-corrected chi connectivity index (χ1v) is 5.07. The smallest absolute Gasteiger partial charge is 0.362 e. The van der Waals surface area contributed by atoms with Crippen LogP contribution in [0.5, 0.6) is 5.75 Å². The summed E-state index contributed by atoms with van der Waals surface area (Å²) in [4.78, 5) is 19.2. The highest BCUT2D eigenvalue weighted by Gasteiger charge is 2.09. The maximum atomic E-state index is 11.6. The van der Waals surface area contributed by atoms with E-state index in [1.54, 1.807) is 12.1 Å². The van der Waals surface area contributed by atoms with Crippen LogP contribution in [0.4, 0.5) is 0 Å². The first kappa shape index (κ1) is 11.2. The molecule has 86 valence electrons. The SMILES string of the molecule is NCc1ccc(OC(=O)c2ccncn2)cc1. The Labute approximate surface area is 98.3 Å². The van der Waals surface area contributed by atoms with E-state index >= 15 is 0 Å². The molecule has 0 aliphatic carbocycles. The van der Waals surface area contributed by atoms with Crippen molar-refractivity contribution in [2.45, 2.75) is 6.54 Å². The van der Waals surface area contributed by atoms with Gasteiger partial charge in [-0.05, 0) is 23.8 Å². The average molecular weight is 229 g/mol. The van der Waals surface area contributed by atoms with Crippen molar-refractivity contribution < 1.29 is 9.53 Å². The van der Waals surface area contributed by atoms with E-state index in [0.717, 1.165) is 5.56 Å². The molecule has 5 heteroatoms. The van der Waals surface area contributed by atoms with Gasteiger partial charge in [-0.25, -0.2) is 14.8 Å². The fourth-order valence-electron chi connectivity index (χ4n) is 1.26. The maximum absolute atomic E-state index is 11.6. The minimum absolute atomic E-state index is 0.225. The number of rotatable bonds is 3. The Morgan fingerprint density at radius 2 is 2.00 bits per heavy atom. The summed E-state index contributed by atoms with van der Waals surface area (Å²) >= 11 is 0. The molecule has 2 rings (SSSR count). The normalized spacial score (nSPS) is 9.94. The molecule has 0 saturated carbocycles. The number of ether oxygens (including phenoxy) is 1. The van der Waals surface area contributed by atoms with Crippen molar-refractivity contribution in [3.8, 4) is 5.75 Å². The van der Waals surface area contributed by atoms with Gasteiger partial charge in [-0.2, -0.15) is 0 Å². The number of hydrogen-bond acceptors (Lipinski definition) is 5. The molecule has 2 aromatic rings. The van der Waals surface area contributed by atoms with E-state index < -0.39 is 5.97 Å². The molecular formula is C12H11N3O2. The van der Waals surface area contributed by atoms with Crippen LogP contribution in [0.25, 0.3) is 0 Å². The number of nitrogens with zero attached hydrogens (tertiary/aromatic N) is 2. The predicted octanol–water partition coefficient (Wildman–Crippen LogP) is 1.15. The number of esters is 1. The second-order valence-electron chi connectivity index (χ2n) is 3.33. The number of carbonyl (C=O) groups excluding carboxylic acids is 1. The van der Waals surface area contributed by atoms with E-state index in [0.29, 0.717) is 12.3 Å². The molecule has 0 amide bonds. The van der Waals surface area contributed by atoms with Gasteiger partial charge >= 0.3 is 5.97 Å². The van der Waals surface area contributed by atoms with Gasteiger partial charge in [0.1, 0.15) is 12.1 Å². The van der Waals surface area contributed by atoms with Crippen LogP contribution < -0.4 is 10.5 Å². The van der Waals surface area contributed by atoms with Gasteiger partial charge < -0.3 is 10.5 Å². The lowest BCUT2D eigenvalue weighted by Gasteiger charge is -2.04. The van der Waals surface area contributed by atoms with Crippen LogP contribution in [0, 0.1) is 0 Å². The highest BCUT2D eigenvalue weighted by atomic mass is 16.5. The third-order valence-electron chi connectivity index (χ3n) is 2.16. The molecule has 5 nitrogen and oxygen atoms in total. The van der Waals surface area contributed by atoms with Crippen LogP contribution in [0.2, 0.25) is 0 Å². The predicted molar refractivity (Wildman–Crippen MR) is 61.3 cm³/mol. The summed E-state index contributed by atoms with van der Waals surface area (Å²) in [6.45, 7) is 0.458. The summed E-state index contributed by atoms with van der Waals surface area (Å²) in [5.74, 6) is -0.0429. The zero-order valence-electron chi connectivity index (χ0n) is 9.04. The lowest BCUT2D eigenvalue weighted by atomic mass is 10.2. The molecule has 0 spiro atoms. The second kappa shape index (κ2) is 5.18. The van der Waals surface area contributed by atoms with Gasteiger partial charge in [0.15, 0.2) is 5.69 Å². The average Bonchev–Trinajstić information content (AvgIpc) is 2.40. The maximum Gasteiger partial charge on any atom is 0.362 e. The van der Waals surface area contributed by atoms with E-state index in [1.807, 2.05) is 12.1 Å². The summed E-state index contributed by atoms with van der Waals surface area (Å²) in [5, 5.41) is 0. The van der Waals surface area contributed by atoms with Crippen LogP contribution in [-0.4, -0.2) is 15.9 Å². The van der Waals surface area contributed by atoms with Crippen molar-refractivity contribution in [3.63, 3.8) is 0 Å². The first-order valence-electron chi connectivity index (χ1n) is 5.07. The second-order valence-corrected chi connectivity index (χ2v) is 3.33. The van der Waals surface area contributed by atoms with Gasteiger partial charge in [-0.3, -0.25) is 0 Å². The topological polar surface area (TPSA) is 78.1 Å². The number of aromatic nitrogens is 2. The Hall–Kier alpha value is -2.27. The molecule has 1 heterocycles. The number of benzene rings is 1. The summed E-state index contributed by atoms with van der Waals surface area (Å²) in [6.07, 6.45) is 2.79. The van der Waals surface area contributed by atoms with Crippen molar-refractivity contribution in [1.29, 1.82) is 0 Å². The van der Waals surface area contributed by atoms with Crippen LogP contribution in [0.15, 0.2) is 42.9 Å². The molecule has 17 heavy (non-hydrogen) atoms. The third-order valence-corrected chi connectivity index (χ3v) is 2.16. The van der Waals surface area contributed by atoms with Crippen LogP contribution >= 0.6 is 0 Å². The summed E-state index contributed by atoms with van der Waals surface area (Å²) in [5.41, 5.74) is 6.67. The molecule has 0 aliphatic rings. The largest absolute Gasteiger partial charge is 0.422 e. The Morgan fingerprint density at radius 1 is 1.24 bits per heavy atom. The van der Waals surface area contributed by atoms with E-state index in [4.69, 9.17) is 10.5 Å². The van der Waals surface area contributed by atoms with Gasteiger partial charge in [-0.1, -0.05) is 12.1 Å². The first-order chi connectivity index (χ1) is 8.29. The van der Waals surface area contributed by atoms with Gasteiger partial charge in [0.25, 0.3) is 0 Å². The lowest BCUT2D eigenvalue weighted by Crippen LogP contribution is -2.10. The Morgan fingerprint density at radius 3 is 2.59 bits per heavy atom. The van der Waals surface area contributed by atoms with Gasteiger partial charge in [0.05, 0.1) is 0 Å².